The number of pyridine rings is 1. The number of nitrogens with zero attached hydrogens (tertiary/aromatic N) is 3. The minimum absolute atomic E-state index is 0. The number of anilines is 2. The number of unbranched alkanes of at least 4 members (excludes halogenated alkanes) is 5. The minimum atomic E-state index is -3.67. The second-order valence-corrected chi connectivity index (χ2v) is 20.8. The Kier molecular flexibility index (Phi) is 33.2. The highest BCUT2D eigenvalue weighted by Gasteiger charge is 2.45. The van der Waals surface area contributed by atoms with E-state index in [1.54, 1.807) is 0 Å². The normalized spacial score (nSPS) is 14.3. The molecule has 4 aromatic carbocycles. The molecule has 0 amide bonds. The molecular formula is C66H82B2F8N4O5. The third kappa shape index (κ3) is 23.7. The van der Waals surface area contributed by atoms with Crippen molar-refractivity contribution in [2.75, 3.05) is 11.4 Å². The summed E-state index contributed by atoms with van der Waals surface area (Å²) < 4.78 is 68.3. The number of fused-ring (bicyclic) bond motifs is 2. The van der Waals surface area contributed by atoms with Gasteiger partial charge < -0.3 is 35.0 Å². The van der Waals surface area contributed by atoms with Crippen LogP contribution in [-0.2, 0) is 31.7 Å². The fourth-order valence-electron chi connectivity index (χ4n) is 10.1. The van der Waals surface area contributed by atoms with E-state index in [0.717, 1.165) is 68.6 Å². The highest BCUT2D eigenvalue weighted by Crippen LogP contribution is 2.51. The number of carboxylic acids is 2. The van der Waals surface area contributed by atoms with Gasteiger partial charge in [0.2, 0.25) is 11.4 Å². The highest BCUT2D eigenvalue weighted by atomic mass is 19.4. The molecule has 458 valence electrons. The van der Waals surface area contributed by atoms with Crippen molar-refractivity contribution in [3.05, 3.63) is 215 Å². The van der Waals surface area contributed by atoms with Crippen LogP contribution in [0.3, 0.4) is 0 Å². The van der Waals surface area contributed by atoms with Crippen LogP contribution in [-0.4, -0.2) is 49.5 Å². The molecule has 3 aliphatic rings. The first-order chi connectivity index (χ1) is 39.0. The monoisotopic (exact) mass is 1180 g/mol. The van der Waals surface area contributed by atoms with Gasteiger partial charge in [-0.3, -0.25) is 35.5 Å². The van der Waals surface area contributed by atoms with Gasteiger partial charge in [0, 0.05) is 97.6 Å². The van der Waals surface area contributed by atoms with Gasteiger partial charge in [-0.25, -0.2) is 4.57 Å². The van der Waals surface area contributed by atoms with Crippen LogP contribution >= 0.6 is 0 Å². The zero-order valence-electron chi connectivity index (χ0n) is 49.2. The van der Waals surface area contributed by atoms with Gasteiger partial charge in [-0.15, -0.1) is 0 Å². The predicted octanol–water partition coefficient (Wildman–Crippen LogP) is 11.2. The van der Waals surface area contributed by atoms with Gasteiger partial charge in [0.15, 0.2) is 17.1 Å². The topological polar surface area (TPSA) is 120 Å². The molecule has 1 aromatic heterocycles. The molecule has 0 fully saturated rings. The van der Waals surface area contributed by atoms with Gasteiger partial charge in [0.05, 0.1) is 5.41 Å². The maximum Gasteiger partial charge on any atom is 0.762 e. The quantitative estimate of drug-likeness (QED) is 0.0346. The van der Waals surface area contributed by atoms with E-state index in [4.69, 9.17) is 20.7 Å². The summed E-state index contributed by atoms with van der Waals surface area (Å²) in [4.78, 5) is 23.1. The molecule has 0 spiro atoms. The van der Waals surface area contributed by atoms with Crippen LogP contribution in [0.15, 0.2) is 187 Å². The Morgan fingerprint density at radius 1 is 0.612 bits per heavy atom. The maximum atomic E-state index is 10.7. The number of aliphatic carboxylic acids is 2. The molecule has 5 aromatic rings. The van der Waals surface area contributed by atoms with Crippen LogP contribution in [0.4, 0.5) is 48.6 Å². The van der Waals surface area contributed by atoms with Crippen LogP contribution in [0.5, 0.6) is 0 Å². The second kappa shape index (κ2) is 37.5. The van der Waals surface area contributed by atoms with E-state index in [0.29, 0.717) is 13.0 Å². The van der Waals surface area contributed by atoms with Gasteiger partial charge in [-0.1, -0.05) is 131 Å². The van der Waals surface area contributed by atoms with Gasteiger partial charge in [0.25, 0.3) is 0 Å². The molecule has 3 aliphatic heterocycles. The number of aromatic nitrogens is 1. The predicted molar refractivity (Wildman–Crippen MR) is 330 cm³/mol. The summed E-state index contributed by atoms with van der Waals surface area (Å²) in [5.41, 5.74) is 19.9. The molecule has 9 nitrogen and oxygen atoms in total. The lowest BCUT2D eigenvalue weighted by Gasteiger charge is -2.27. The fourth-order valence-corrected chi connectivity index (χ4v) is 10.1. The summed E-state index contributed by atoms with van der Waals surface area (Å²) in [6.45, 7) is 19.1. The van der Waals surface area contributed by atoms with Gasteiger partial charge in [-0.2, -0.15) is 4.58 Å². The van der Waals surface area contributed by atoms with E-state index in [1.165, 1.54) is 62.2 Å². The lowest BCUT2D eigenvalue weighted by atomic mass is 9.81. The average molecular weight is 1190 g/mol. The minimum Gasteiger partial charge on any atom is -1.00 e. The standard InChI is InChI=1S/C32H36N2O2.C26H26NO.C7H15NO2.CH4.2BF3.2FH/c1-24-22-26(23-25(2)33(24)21-12-6-9-20-31(35)36)14-13-19-30-32(3,4)28-17-10-11-18-29(28)34(30)27-15-7-5-8-16-27;1-19-17-21(18-20(2)28-19)11-10-16-25-26(3,4)23-14-8-9-15-24(23)27(25)22-12-6-5-7-13-22;8-6-4-2-1-3-5-7(9)10;;2*2-1(3)4;;/h5,7-8,10-11,13-19,22-23H,6,9,12,20-21H2,1-4H3;5-18H,1-4H3;1-6,8H2,(H,9,10);1H4;;;2*1H/q;+1;;;;;;/p-1/b;16-10+;;;;;;. The van der Waals surface area contributed by atoms with Crippen molar-refractivity contribution in [3.63, 3.8) is 0 Å². The molecule has 0 aliphatic carbocycles. The Balaban J connectivity index is 0.000000652. The Labute approximate surface area is 498 Å². The van der Waals surface area contributed by atoms with Gasteiger partial charge in [-0.05, 0) is 113 Å². The van der Waals surface area contributed by atoms with E-state index in [2.05, 4.69) is 226 Å². The highest BCUT2D eigenvalue weighted by molar-refractivity contribution is 6.33. The molecule has 85 heavy (non-hydrogen) atoms. The van der Waals surface area contributed by atoms with Gasteiger partial charge >= 0.3 is 27.0 Å². The number of halogens is 8. The fraction of sp³-hybridized carbons (Fsp3) is 0.333. The number of benzene rings is 4. The molecule has 4 heterocycles. The Hall–Kier alpha value is -7.79. The summed E-state index contributed by atoms with van der Waals surface area (Å²) in [7, 11) is -7.33. The van der Waals surface area contributed by atoms with Crippen molar-refractivity contribution in [2.45, 2.75) is 138 Å². The molecule has 0 radical (unpaired) electrons. The molecule has 0 saturated carbocycles. The lowest BCUT2D eigenvalue weighted by Crippen LogP contribution is -3.00. The van der Waals surface area contributed by atoms with E-state index in [9.17, 15) is 35.5 Å². The third-order valence-corrected chi connectivity index (χ3v) is 13.8. The molecule has 8 rings (SSSR count). The van der Waals surface area contributed by atoms with E-state index < -0.39 is 27.0 Å². The molecular weight excluding hydrogens is 1100 g/mol. The largest absolute Gasteiger partial charge is 1.00 e. The van der Waals surface area contributed by atoms with Crippen LogP contribution in [0, 0.1) is 13.8 Å². The lowest BCUT2D eigenvalue weighted by molar-refractivity contribution is -0.709. The van der Waals surface area contributed by atoms with Crippen molar-refractivity contribution < 1.29 is 64.4 Å². The van der Waals surface area contributed by atoms with Gasteiger partial charge in [0.1, 0.15) is 18.1 Å². The number of aryl methyl sites for hydroxylation is 2. The Morgan fingerprint density at radius 2 is 1.08 bits per heavy atom. The number of rotatable bonds is 18. The first-order valence-corrected chi connectivity index (χ1v) is 27.6. The number of nitrogens with two attached hydrogens (primary N) is 1. The number of carbonyl (C=O) groups is 2. The van der Waals surface area contributed by atoms with Crippen molar-refractivity contribution in [3.8, 4) is 0 Å². The van der Waals surface area contributed by atoms with Crippen molar-refractivity contribution in [2.24, 2.45) is 5.73 Å². The number of carboxylic acid groups (broad SMARTS) is 2. The van der Waals surface area contributed by atoms with E-state index >= 15 is 0 Å². The van der Waals surface area contributed by atoms with Crippen LogP contribution in [0.2, 0.25) is 0 Å². The van der Waals surface area contributed by atoms with Crippen LogP contribution < -0.4 is 29.2 Å². The maximum absolute atomic E-state index is 10.7. The van der Waals surface area contributed by atoms with Crippen LogP contribution in [0.1, 0.15) is 135 Å². The summed E-state index contributed by atoms with van der Waals surface area (Å²) in [5, 5.41) is 17.1. The zero-order chi connectivity index (χ0) is 60.4. The first kappa shape index (κ1) is 75.2. The smallest absolute Gasteiger partial charge is 0.762 e. The molecule has 4 N–H and O–H groups in total. The molecule has 0 bridgehead atoms. The summed E-state index contributed by atoms with van der Waals surface area (Å²) in [5.74, 6) is 0.435. The first-order valence-electron chi connectivity index (χ1n) is 27.6. The van der Waals surface area contributed by atoms with Crippen molar-refractivity contribution in [1.29, 1.82) is 0 Å². The molecule has 19 heteroatoms. The SMILES string of the molecule is C.CC1=CC(=C/C=C/C2=[N+](c3ccccc3)c3ccccc3C2(C)C)C=C(C)O1.Cc1cc(C=CC=C2N(c3ccccc3)c3ccccc3C2(C)C)cc(C)[n+]1CCCCCC(=O)O.FB(F)F.FB(F)F.NCCCCCCC(=O)O.[F-].[F-]. The van der Waals surface area contributed by atoms with Crippen LogP contribution in [0.25, 0.3) is 6.08 Å². The van der Waals surface area contributed by atoms with Crippen molar-refractivity contribution in [1.82, 2.24) is 4.58 Å². The Bertz CT molecular complexity index is 3060. The molecule has 0 unspecified atom stereocenters. The zero-order valence-corrected chi connectivity index (χ0v) is 49.2. The number of hydrogen-bond donors (Lipinski definition) is 3. The van der Waals surface area contributed by atoms with E-state index in [1.807, 2.05) is 13.8 Å². The number of ether oxygens (including phenoxy) is 1. The molecule has 0 saturated heterocycles. The average Bonchev–Trinajstić information content (AvgIpc) is 1.65. The van der Waals surface area contributed by atoms with E-state index in [-0.39, 0.29) is 34.1 Å². The summed E-state index contributed by atoms with van der Waals surface area (Å²) >= 11 is 0. The third-order valence-electron chi connectivity index (χ3n) is 13.8. The molecule has 0 atom stereocenters. The summed E-state index contributed by atoms with van der Waals surface area (Å²) in [6, 6.07) is 43.0. The second-order valence-electron chi connectivity index (χ2n) is 20.8. The number of allylic oxidation sites excluding steroid dienone is 11. The van der Waals surface area contributed by atoms with Crippen molar-refractivity contribution >= 4 is 61.6 Å². The number of hydrogen-bond acceptors (Lipinski definition) is 5. The summed E-state index contributed by atoms with van der Waals surface area (Å²) in [6.07, 6.45) is 24.3. The number of para-hydroxylation sites is 4. The Morgan fingerprint density at radius 3 is 1.62 bits per heavy atom.